The first-order chi connectivity index (χ1) is 13.5. The molecule has 3 aromatic rings. The molecule has 0 aliphatic carbocycles. The summed E-state index contributed by atoms with van der Waals surface area (Å²) in [5.74, 6) is 1.63. The summed E-state index contributed by atoms with van der Waals surface area (Å²) in [5, 5.41) is 8.28. The number of hydrogen-bond donors (Lipinski definition) is 2. The van der Waals surface area contributed by atoms with Gasteiger partial charge in [-0.3, -0.25) is 5.10 Å². The Morgan fingerprint density at radius 2 is 2.04 bits per heavy atom. The number of aromatic amines is 1. The van der Waals surface area contributed by atoms with E-state index in [1.54, 1.807) is 16.8 Å². The average Bonchev–Trinajstić information content (AvgIpc) is 3.00. The van der Waals surface area contributed by atoms with Crippen LogP contribution in [0.2, 0.25) is 10.0 Å². The molecule has 0 aliphatic heterocycles. The maximum Gasteiger partial charge on any atom is 0.214 e. The number of aromatic nitrogens is 3. The van der Waals surface area contributed by atoms with Gasteiger partial charge in [0.25, 0.3) is 0 Å². The minimum Gasteiger partial charge on any atom is -0.488 e. The molecule has 2 aromatic carbocycles. The highest BCUT2D eigenvalue weighted by Gasteiger charge is 2.10. The van der Waals surface area contributed by atoms with Gasteiger partial charge < -0.3 is 10.2 Å². The van der Waals surface area contributed by atoms with Gasteiger partial charge in [-0.25, -0.2) is 4.68 Å². The fourth-order valence-corrected chi connectivity index (χ4v) is 3.76. The molecule has 0 saturated heterocycles. The smallest absolute Gasteiger partial charge is 0.214 e. The largest absolute Gasteiger partial charge is 0.488 e. The number of rotatable bonds is 8. The SMILES string of the molecule is CCCc1n[nH]c(=S)n1NCc1cc(Br)ccc1OCc1ccc(Cl)cc1Cl. The zero-order valence-corrected chi connectivity index (χ0v) is 19.1. The molecule has 0 saturated carbocycles. The van der Waals surface area contributed by atoms with Gasteiger partial charge in [-0.05, 0) is 49.0 Å². The van der Waals surface area contributed by atoms with E-state index >= 15 is 0 Å². The predicted octanol–water partition coefficient (Wildman–Crippen LogP) is 6.29. The summed E-state index contributed by atoms with van der Waals surface area (Å²) >= 11 is 21.0. The zero-order valence-electron chi connectivity index (χ0n) is 15.1. The first-order valence-electron chi connectivity index (χ1n) is 8.73. The van der Waals surface area contributed by atoms with Crippen molar-refractivity contribution in [1.82, 2.24) is 14.9 Å². The zero-order chi connectivity index (χ0) is 20.1. The minimum absolute atomic E-state index is 0.344. The second kappa shape index (κ2) is 9.78. The number of halogens is 3. The fourth-order valence-electron chi connectivity index (χ4n) is 2.67. The van der Waals surface area contributed by atoms with Crippen LogP contribution in [0.15, 0.2) is 40.9 Å². The summed E-state index contributed by atoms with van der Waals surface area (Å²) in [6.45, 7) is 2.97. The van der Waals surface area contributed by atoms with Crippen molar-refractivity contribution in [2.24, 2.45) is 0 Å². The number of aryl methyl sites for hydroxylation is 1. The maximum atomic E-state index is 6.24. The Hall–Kier alpha value is -1.54. The second-order valence-corrected chi connectivity index (χ2v) is 8.29. The van der Waals surface area contributed by atoms with Crippen molar-refractivity contribution < 1.29 is 4.74 Å². The van der Waals surface area contributed by atoms with E-state index in [1.807, 2.05) is 24.3 Å². The van der Waals surface area contributed by atoms with Gasteiger partial charge in [0.05, 0.1) is 6.54 Å². The summed E-state index contributed by atoms with van der Waals surface area (Å²) in [6.07, 6.45) is 1.81. The molecule has 0 aliphatic rings. The van der Waals surface area contributed by atoms with E-state index in [-0.39, 0.29) is 0 Å². The fraction of sp³-hybridized carbons (Fsp3) is 0.263. The standard InChI is InChI=1S/C19H19BrCl2N4OS/c1-2-3-18-24-25-19(28)26(18)23-10-13-8-14(20)5-7-17(13)27-11-12-4-6-15(21)9-16(12)22/h4-9,23H,2-3,10-11H2,1H3,(H,25,28). The lowest BCUT2D eigenvalue weighted by molar-refractivity contribution is 0.303. The second-order valence-electron chi connectivity index (χ2n) is 6.14. The van der Waals surface area contributed by atoms with Crippen molar-refractivity contribution in [3.63, 3.8) is 0 Å². The van der Waals surface area contributed by atoms with E-state index in [0.29, 0.717) is 28.0 Å². The highest BCUT2D eigenvalue weighted by Crippen LogP contribution is 2.27. The number of nitrogens with one attached hydrogen (secondary N) is 2. The molecule has 28 heavy (non-hydrogen) atoms. The summed E-state index contributed by atoms with van der Waals surface area (Å²) in [4.78, 5) is 0. The molecule has 1 heterocycles. The molecule has 0 radical (unpaired) electrons. The monoisotopic (exact) mass is 500 g/mol. The van der Waals surface area contributed by atoms with Gasteiger partial charge in [-0.2, -0.15) is 5.10 Å². The summed E-state index contributed by atoms with van der Waals surface area (Å²) in [6, 6.07) is 11.2. The van der Waals surface area contributed by atoms with Gasteiger partial charge in [0.2, 0.25) is 4.77 Å². The first kappa shape index (κ1) is 21.2. The van der Waals surface area contributed by atoms with Crippen molar-refractivity contribution >= 4 is 51.3 Å². The van der Waals surface area contributed by atoms with Crippen LogP contribution in [0.1, 0.15) is 30.3 Å². The normalized spacial score (nSPS) is 10.9. The predicted molar refractivity (Wildman–Crippen MR) is 119 cm³/mol. The summed E-state index contributed by atoms with van der Waals surface area (Å²) < 4.78 is 9.33. The van der Waals surface area contributed by atoms with E-state index in [0.717, 1.165) is 40.0 Å². The number of H-pyrrole nitrogens is 1. The number of benzene rings is 2. The van der Waals surface area contributed by atoms with E-state index in [2.05, 4.69) is 38.5 Å². The van der Waals surface area contributed by atoms with Crippen LogP contribution in [0.5, 0.6) is 5.75 Å². The molecular weight excluding hydrogens is 483 g/mol. The number of ether oxygens (including phenoxy) is 1. The molecule has 0 atom stereocenters. The van der Waals surface area contributed by atoms with Crippen LogP contribution in [0.25, 0.3) is 0 Å². The van der Waals surface area contributed by atoms with Gasteiger partial charge in [0.1, 0.15) is 12.4 Å². The summed E-state index contributed by atoms with van der Waals surface area (Å²) in [7, 11) is 0. The third-order valence-corrected chi connectivity index (χ3v) is 5.42. The van der Waals surface area contributed by atoms with Crippen LogP contribution in [-0.4, -0.2) is 14.9 Å². The lowest BCUT2D eigenvalue weighted by Crippen LogP contribution is -2.18. The van der Waals surface area contributed by atoms with Gasteiger partial charge in [0, 0.05) is 32.1 Å². The average molecular weight is 502 g/mol. The van der Waals surface area contributed by atoms with Crippen LogP contribution in [0, 0.1) is 4.77 Å². The Kier molecular flexibility index (Phi) is 7.40. The Balaban J connectivity index is 1.76. The molecule has 9 heteroatoms. The van der Waals surface area contributed by atoms with E-state index < -0.39 is 0 Å². The van der Waals surface area contributed by atoms with E-state index in [4.69, 9.17) is 40.2 Å². The maximum absolute atomic E-state index is 6.24. The van der Waals surface area contributed by atoms with Gasteiger partial charge in [-0.1, -0.05) is 52.1 Å². The topological polar surface area (TPSA) is 54.9 Å². The Bertz CT molecular complexity index is 1020. The Labute approximate surface area is 187 Å². The quantitative estimate of drug-likeness (QED) is 0.356. The molecule has 1 aromatic heterocycles. The van der Waals surface area contributed by atoms with Gasteiger partial charge in [-0.15, -0.1) is 0 Å². The van der Waals surface area contributed by atoms with Crippen LogP contribution in [-0.2, 0) is 19.6 Å². The van der Waals surface area contributed by atoms with Crippen molar-refractivity contribution in [3.8, 4) is 5.75 Å². The van der Waals surface area contributed by atoms with Crippen molar-refractivity contribution in [3.05, 3.63) is 72.6 Å². The number of hydrogen-bond acceptors (Lipinski definition) is 4. The molecule has 0 amide bonds. The molecule has 0 bridgehead atoms. The molecule has 2 N–H and O–H groups in total. The molecule has 0 spiro atoms. The van der Waals surface area contributed by atoms with Crippen LogP contribution in [0.4, 0.5) is 0 Å². The lowest BCUT2D eigenvalue weighted by Gasteiger charge is -2.15. The van der Waals surface area contributed by atoms with Crippen LogP contribution < -0.4 is 10.2 Å². The highest BCUT2D eigenvalue weighted by molar-refractivity contribution is 9.10. The Morgan fingerprint density at radius 3 is 2.79 bits per heavy atom. The molecule has 3 rings (SSSR count). The Morgan fingerprint density at radius 1 is 1.21 bits per heavy atom. The lowest BCUT2D eigenvalue weighted by atomic mass is 10.2. The molecular formula is C19H19BrCl2N4OS. The van der Waals surface area contributed by atoms with Crippen LogP contribution >= 0.6 is 51.3 Å². The van der Waals surface area contributed by atoms with Crippen molar-refractivity contribution in [2.75, 3.05) is 5.43 Å². The molecule has 5 nitrogen and oxygen atoms in total. The van der Waals surface area contributed by atoms with Crippen LogP contribution in [0.3, 0.4) is 0 Å². The van der Waals surface area contributed by atoms with E-state index in [1.165, 1.54) is 0 Å². The van der Waals surface area contributed by atoms with Crippen molar-refractivity contribution in [1.29, 1.82) is 0 Å². The first-order valence-corrected chi connectivity index (χ1v) is 10.7. The summed E-state index contributed by atoms with van der Waals surface area (Å²) in [5.41, 5.74) is 5.17. The molecule has 0 fully saturated rings. The molecule has 0 unspecified atom stereocenters. The highest BCUT2D eigenvalue weighted by atomic mass is 79.9. The molecule has 148 valence electrons. The third kappa shape index (κ3) is 5.29. The number of nitrogens with zero attached hydrogens (tertiary/aromatic N) is 2. The van der Waals surface area contributed by atoms with Gasteiger partial charge >= 0.3 is 0 Å². The van der Waals surface area contributed by atoms with Crippen molar-refractivity contribution in [2.45, 2.75) is 32.9 Å². The third-order valence-electron chi connectivity index (χ3n) is 4.06. The minimum atomic E-state index is 0.344. The van der Waals surface area contributed by atoms with E-state index in [9.17, 15) is 0 Å². The van der Waals surface area contributed by atoms with Gasteiger partial charge in [0.15, 0.2) is 5.82 Å².